The monoisotopic (exact) mass is 160 g/mol. The lowest BCUT2D eigenvalue weighted by Crippen LogP contribution is -2.40. The number of carboxylic acids is 1. The third-order valence-corrected chi connectivity index (χ3v) is 1.22. The topological polar surface area (TPSA) is 78.4 Å². The van der Waals surface area contributed by atoms with Gasteiger partial charge in [-0.1, -0.05) is 0 Å². The van der Waals surface area contributed by atoms with E-state index in [4.69, 9.17) is 5.11 Å². The molecule has 0 spiro atoms. The molecule has 0 rings (SSSR count). The summed E-state index contributed by atoms with van der Waals surface area (Å²) in [6, 6.07) is -0.688. The average Bonchev–Trinajstić information content (AvgIpc) is 1.99. The van der Waals surface area contributed by atoms with Crippen LogP contribution in [0.4, 0.5) is 0 Å². The zero-order valence-electron chi connectivity index (χ0n) is 6.55. The molecular weight excluding hydrogens is 148 g/mol. The summed E-state index contributed by atoms with van der Waals surface area (Å²) in [5.41, 5.74) is 0. The summed E-state index contributed by atoms with van der Waals surface area (Å²) >= 11 is 0. The molecule has 11 heavy (non-hydrogen) atoms. The lowest BCUT2D eigenvalue weighted by Gasteiger charge is -2.06. The van der Waals surface area contributed by atoms with Gasteiger partial charge in [-0.05, 0) is 6.92 Å². The summed E-state index contributed by atoms with van der Waals surface area (Å²) in [7, 11) is 1.50. The number of nitrogens with one attached hydrogen (secondary N) is 2. The van der Waals surface area contributed by atoms with Gasteiger partial charge in [0.2, 0.25) is 5.91 Å². The molecule has 0 aromatic rings. The Morgan fingerprint density at radius 2 is 2.09 bits per heavy atom. The van der Waals surface area contributed by atoms with E-state index in [1.165, 1.54) is 14.0 Å². The largest absolute Gasteiger partial charge is 0.480 e. The van der Waals surface area contributed by atoms with Gasteiger partial charge in [0.25, 0.3) is 0 Å². The van der Waals surface area contributed by atoms with Crippen molar-refractivity contribution in [2.45, 2.75) is 13.0 Å². The fourth-order valence-electron chi connectivity index (χ4n) is 0.421. The normalized spacial score (nSPS) is 12.2. The maximum Gasteiger partial charge on any atom is 0.320 e. The van der Waals surface area contributed by atoms with Gasteiger partial charge in [-0.25, -0.2) is 0 Å². The van der Waals surface area contributed by atoms with Gasteiger partial charge in [0.15, 0.2) is 0 Å². The highest BCUT2D eigenvalue weighted by Gasteiger charge is 2.10. The third kappa shape index (κ3) is 4.32. The van der Waals surface area contributed by atoms with Crippen LogP contribution < -0.4 is 10.6 Å². The van der Waals surface area contributed by atoms with Crippen LogP contribution in [0, 0.1) is 0 Å². The summed E-state index contributed by atoms with van der Waals surface area (Å²) in [4.78, 5) is 20.8. The third-order valence-electron chi connectivity index (χ3n) is 1.22. The van der Waals surface area contributed by atoms with E-state index in [2.05, 4.69) is 10.6 Å². The summed E-state index contributed by atoms with van der Waals surface area (Å²) in [6.45, 7) is 1.51. The van der Waals surface area contributed by atoms with Gasteiger partial charge < -0.3 is 10.4 Å². The summed E-state index contributed by atoms with van der Waals surface area (Å²) < 4.78 is 0. The molecule has 0 saturated heterocycles. The molecule has 3 N–H and O–H groups in total. The van der Waals surface area contributed by atoms with Crippen molar-refractivity contribution < 1.29 is 14.7 Å². The van der Waals surface area contributed by atoms with Gasteiger partial charge >= 0.3 is 5.97 Å². The molecule has 0 bridgehead atoms. The Bertz CT molecular complexity index is 158. The molecule has 0 saturated carbocycles. The van der Waals surface area contributed by atoms with Crippen LogP contribution in [0.25, 0.3) is 0 Å². The molecule has 64 valence electrons. The number of carboxylic acid groups (broad SMARTS) is 1. The molecule has 0 radical (unpaired) electrons. The van der Waals surface area contributed by atoms with E-state index >= 15 is 0 Å². The molecule has 0 aliphatic heterocycles. The Kier molecular flexibility index (Phi) is 4.21. The van der Waals surface area contributed by atoms with Crippen LogP contribution in [0.1, 0.15) is 6.92 Å². The van der Waals surface area contributed by atoms with E-state index < -0.39 is 12.0 Å². The number of aliphatic carboxylic acids is 1. The predicted octanol–water partition coefficient (Wildman–Crippen LogP) is -1.20. The molecule has 0 heterocycles. The van der Waals surface area contributed by atoms with Crippen LogP contribution in [-0.2, 0) is 9.59 Å². The van der Waals surface area contributed by atoms with E-state index in [0.717, 1.165) is 0 Å². The number of amides is 1. The van der Waals surface area contributed by atoms with Crippen LogP contribution >= 0.6 is 0 Å². The predicted molar refractivity (Wildman–Crippen MR) is 39.2 cm³/mol. The highest BCUT2D eigenvalue weighted by atomic mass is 16.4. The quantitative estimate of drug-likeness (QED) is 0.482. The second-order valence-electron chi connectivity index (χ2n) is 2.11. The number of likely N-dealkylation sites (N-methyl/N-ethyl adjacent to an activating group) is 1. The molecule has 1 atom stereocenters. The molecular formula is C6H12N2O3. The summed E-state index contributed by atoms with van der Waals surface area (Å²) in [5, 5.41) is 13.3. The highest BCUT2D eigenvalue weighted by molar-refractivity contribution is 5.79. The first-order valence-electron chi connectivity index (χ1n) is 3.24. The molecule has 1 amide bonds. The number of hydrogen-bond acceptors (Lipinski definition) is 3. The van der Waals surface area contributed by atoms with Gasteiger partial charge in [0.1, 0.15) is 6.04 Å². The second-order valence-corrected chi connectivity index (χ2v) is 2.11. The highest BCUT2D eigenvalue weighted by Crippen LogP contribution is 1.78. The zero-order chi connectivity index (χ0) is 8.85. The maximum atomic E-state index is 10.6. The minimum absolute atomic E-state index is 0.0317. The Hall–Kier alpha value is -1.10. The van der Waals surface area contributed by atoms with E-state index in [1.54, 1.807) is 0 Å². The van der Waals surface area contributed by atoms with Crippen LogP contribution in [0.15, 0.2) is 0 Å². The minimum atomic E-state index is -0.964. The Morgan fingerprint density at radius 3 is 2.45 bits per heavy atom. The van der Waals surface area contributed by atoms with Crippen LogP contribution in [0.2, 0.25) is 0 Å². The lowest BCUT2D eigenvalue weighted by atomic mass is 10.3. The number of carbonyl (C=O) groups excluding carboxylic acids is 1. The molecule has 5 nitrogen and oxygen atoms in total. The van der Waals surface area contributed by atoms with Crippen molar-refractivity contribution in [1.82, 2.24) is 10.6 Å². The van der Waals surface area contributed by atoms with Crippen LogP contribution in [-0.4, -0.2) is 36.6 Å². The Labute approximate surface area is 64.8 Å². The first-order valence-corrected chi connectivity index (χ1v) is 3.24. The molecule has 5 heteroatoms. The van der Waals surface area contributed by atoms with Crippen molar-refractivity contribution in [3.8, 4) is 0 Å². The fourth-order valence-corrected chi connectivity index (χ4v) is 0.421. The second kappa shape index (κ2) is 4.68. The van der Waals surface area contributed by atoms with Gasteiger partial charge in [-0.15, -0.1) is 0 Å². The van der Waals surface area contributed by atoms with Crippen molar-refractivity contribution in [2.24, 2.45) is 0 Å². The minimum Gasteiger partial charge on any atom is -0.480 e. The van der Waals surface area contributed by atoms with E-state index in [9.17, 15) is 9.59 Å². The van der Waals surface area contributed by atoms with Crippen molar-refractivity contribution in [3.05, 3.63) is 0 Å². The molecule has 0 aromatic carbocycles. The number of hydrogen-bond donors (Lipinski definition) is 3. The van der Waals surface area contributed by atoms with Crippen molar-refractivity contribution in [2.75, 3.05) is 13.6 Å². The van der Waals surface area contributed by atoms with Crippen molar-refractivity contribution >= 4 is 11.9 Å². The maximum absolute atomic E-state index is 10.6. The van der Waals surface area contributed by atoms with Crippen molar-refractivity contribution in [1.29, 1.82) is 0 Å². The van der Waals surface area contributed by atoms with E-state index in [1.807, 2.05) is 0 Å². The summed E-state index contributed by atoms with van der Waals surface area (Å²) in [6.07, 6.45) is 0. The number of rotatable bonds is 4. The zero-order valence-corrected chi connectivity index (χ0v) is 6.55. The first kappa shape index (κ1) is 9.90. The Balaban J connectivity index is 3.54. The molecule has 0 aliphatic rings. The lowest BCUT2D eigenvalue weighted by molar-refractivity contribution is -0.139. The van der Waals surface area contributed by atoms with Gasteiger partial charge in [-0.2, -0.15) is 0 Å². The van der Waals surface area contributed by atoms with E-state index in [0.29, 0.717) is 0 Å². The van der Waals surface area contributed by atoms with Gasteiger partial charge in [-0.3, -0.25) is 14.9 Å². The van der Waals surface area contributed by atoms with Gasteiger partial charge in [0, 0.05) is 7.05 Å². The first-order chi connectivity index (χ1) is 5.07. The SMILES string of the molecule is CNC(=O)CN[C@@H](C)C(=O)O. The Morgan fingerprint density at radius 1 is 1.55 bits per heavy atom. The fraction of sp³-hybridized carbons (Fsp3) is 0.667. The van der Waals surface area contributed by atoms with E-state index in [-0.39, 0.29) is 12.5 Å². The summed E-state index contributed by atoms with van der Waals surface area (Å²) in [5.74, 6) is -1.19. The molecule has 0 aliphatic carbocycles. The molecule has 0 fully saturated rings. The van der Waals surface area contributed by atoms with Crippen molar-refractivity contribution in [3.63, 3.8) is 0 Å². The average molecular weight is 160 g/mol. The number of carbonyl (C=O) groups is 2. The molecule has 0 aromatic heterocycles. The van der Waals surface area contributed by atoms with Crippen LogP contribution in [0.5, 0.6) is 0 Å². The molecule has 0 unspecified atom stereocenters. The van der Waals surface area contributed by atoms with Crippen LogP contribution in [0.3, 0.4) is 0 Å². The standard InChI is InChI=1S/C6H12N2O3/c1-4(6(10)11)8-3-5(9)7-2/h4,8H,3H2,1-2H3,(H,7,9)(H,10,11)/t4-/m0/s1. The van der Waals surface area contributed by atoms with Gasteiger partial charge in [0.05, 0.1) is 6.54 Å². The smallest absolute Gasteiger partial charge is 0.320 e.